The summed E-state index contributed by atoms with van der Waals surface area (Å²) in [7, 11) is 0. The molecule has 0 atom stereocenters. The summed E-state index contributed by atoms with van der Waals surface area (Å²) < 4.78 is 11.8. The summed E-state index contributed by atoms with van der Waals surface area (Å²) >= 11 is 0. The van der Waals surface area contributed by atoms with Crippen LogP contribution in [0.25, 0.3) is 0 Å². The summed E-state index contributed by atoms with van der Waals surface area (Å²) in [5.74, 6) is 1.28. The molecule has 0 unspecified atom stereocenters. The standard InChI is InChI=1S/C24H24N4O2/c25-19-1-5-21(6-2-19)29-23(27)13-9-17(10-14-23)18-11-15-24(28,16-12-18)30-22-7-3-20(26)4-8-22/h1-16H,25-28H2. The largest absolute Gasteiger partial charge is 0.466 e. The lowest BCUT2D eigenvalue weighted by atomic mass is 9.95. The summed E-state index contributed by atoms with van der Waals surface area (Å²) in [5.41, 5.74) is 25.3. The first-order valence-electron chi connectivity index (χ1n) is 9.51. The Morgan fingerprint density at radius 2 is 0.800 bits per heavy atom. The van der Waals surface area contributed by atoms with Gasteiger partial charge in [0.05, 0.1) is 0 Å². The van der Waals surface area contributed by atoms with Crippen molar-refractivity contribution in [2.24, 2.45) is 11.5 Å². The number of hydrogen-bond donors (Lipinski definition) is 4. The Morgan fingerprint density at radius 3 is 1.10 bits per heavy atom. The van der Waals surface area contributed by atoms with Gasteiger partial charge >= 0.3 is 0 Å². The lowest BCUT2D eigenvalue weighted by molar-refractivity contribution is 0.177. The lowest BCUT2D eigenvalue weighted by Gasteiger charge is -2.28. The Hall–Kier alpha value is -3.74. The van der Waals surface area contributed by atoms with Crippen LogP contribution in [0, 0.1) is 0 Å². The number of nitrogen functional groups attached to an aromatic ring is 2. The van der Waals surface area contributed by atoms with Crippen LogP contribution in [-0.2, 0) is 0 Å². The molecule has 2 aliphatic rings. The number of rotatable bonds is 4. The molecule has 2 aromatic carbocycles. The SMILES string of the molecule is Nc1ccc(OC2(N)C=CC(=C3C=CC(N)(Oc4ccc(N)cc4)C=C3)C=C2)cc1. The zero-order valence-electron chi connectivity index (χ0n) is 16.4. The van der Waals surface area contributed by atoms with Crippen LogP contribution in [0.15, 0.2) is 108 Å². The van der Waals surface area contributed by atoms with Crippen molar-refractivity contribution in [2.75, 3.05) is 11.5 Å². The van der Waals surface area contributed by atoms with Gasteiger partial charge in [0.15, 0.2) is 11.4 Å². The number of benzene rings is 2. The molecule has 0 saturated carbocycles. The maximum atomic E-state index is 6.33. The predicted molar refractivity (Wildman–Crippen MR) is 120 cm³/mol. The van der Waals surface area contributed by atoms with Gasteiger partial charge in [-0.3, -0.25) is 11.5 Å². The summed E-state index contributed by atoms with van der Waals surface area (Å²) in [5, 5.41) is 0. The molecule has 0 amide bonds. The van der Waals surface area contributed by atoms with Gasteiger partial charge in [0.1, 0.15) is 11.5 Å². The van der Waals surface area contributed by atoms with Crippen molar-refractivity contribution in [2.45, 2.75) is 11.4 Å². The van der Waals surface area contributed by atoms with Crippen LogP contribution in [-0.4, -0.2) is 11.4 Å². The second-order valence-corrected chi connectivity index (χ2v) is 7.29. The first-order chi connectivity index (χ1) is 14.3. The molecule has 8 N–H and O–H groups in total. The van der Waals surface area contributed by atoms with Crippen molar-refractivity contribution < 1.29 is 9.47 Å². The maximum Gasteiger partial charge on any atom is 0.197 e. The normalized spacial score (nSPS) is 24.9. The van der Waals surface area contributed by atoms with E-state index in [0.717, 1.165) is 11.1 Å². The maximum absolute atomic E-state index is 6.33. The minimum absolute atomic E-state index is 0.641. The average molecular weight is 400 g/mol. The Morgan fingerprint density at radius 1 is 0.500 bits per heavy atom. The molecular formula is C24H24N4O2. The fraction of sp³-hybridized carbons (Fsp3) is 0.0833. The van der Waals surface area contributed by atoms with Crippen molar-refractivity contribution >= 4 is 11.4 Å². The highest BCUT2D eigenvalue weighted by atomic mass is 16.5. The number of hydrogen-bond acceptors (Lipinski definition) is 6. The van der Waals surface area contributed by atoms with Crippen LogP contribution in [0.1, 0.15) is 0 Å². The zero-order chi connectivity index (χ0) is 21.2. The van der Waals surface area contributed by atoms with Gasteiger partial charge in [-0.1, -0.05) is 24.3 Å². The third-order valence-corrected chi connectivity index (χ3v) is 4.78. The van der Waals surface area contributed by atoms with Gasteiger partial charge < -0.3 is 20.9 Å². The fourth-order valence-electron chi connectivity index (χ4n) is 3.10. The van der Waals surface area contributed by atoms with E-state index >= 15 is 0 Å². The second kappa shape index (κ2) is 7.59. The van der Waals surface area contributed by atoms with E-state index in [1.165, 1.54) is 0 Å². The highest BCUT2D eigenvalue weighted by molar-refractivity contribution is 5.53. The first kappa shape index (κ1) is 19.6. The van der Waals surface area contributed by atoms with Crippen LogP contribution >= 0.6 is 0 Å². The molecule has 0 heterocycles. The molecule has 6 heteroatoms. The van der Waals surface area contributed by atoms with Crippen molar-refractivity contribution in [1.82, 2.24) is 0 Å². The van der Waals surface area contributed by atoms with Crippen LogP contribution < -0.4 is 32.4 Å². The molecule has 0 aromatic heterocycles. The second-order valence-electron chi connectivity index (χ2n) is 7.29. The molecule has 0 fully saturated rings. The van der Waals surface area contributed by atoms with Gasteiger partial charge in [0.25, 0.3) is 0 Å². The fourth-order valence-corrected chi connectivity index (χ4v) is 3.10. The molecule has 6 nitrogen and oxygen atoms in total. The van der Waals surface area contributed by atoms with Gasteiger partial charge in [-0.25, -0.2) is 0 Å². The van der Waals surface area contributed by atoms with E-state index in [-0.39, 0.29) is 0 Å². The van der Waals surface area contributed by atoms with Crippen LogP contribution in [0.3, 0.4) is 0 Å². The predicted octanol–water partition coefficient (Wildman–Crippen LogP) is 3.17. The highest BCUT2D eigenvalue weighted by Gasteiger charge is 2.25. The van der Waals surface area contributed by atoms with Gasteiger partial charge in [-0.2, -0.15) is 0 Å². The minimum atomic E-state index is -1.03. The summed E-state index contributed by atoms with van der Waals surface area (Å²) in [6.45, 7) is 0. The monoisotopic (exact) mass is 400 g/mol. The Kier molecular flexibility index (Phi) is 4.95. The van der Waals surface area contributed by atoms with E-state index < -0.39 is 11.4 Å². The molecule has 0 saturated heterocycles. The van der Waals surface area contributed by atoms with E-state index in [9.17, 15) is 0 Å². The number of allylic oxidation sites excluding steroid dienone is 6. The van der Waals surface area contributed by atoms with Crippen molar-refractivity contribution in [1.29, 1.82) is 0 Å². The first-order valence-corrected chi connectivity index (χ1v) is 9.51. The van der Waals surface area contributed by atoms with E-state index in [4.69, 9.17) is 32.4 Å². The van der Waals surface area contributed by atoms with E-state index in [1.54, 1.807) is 48.5 Å². The summed E-state index contributed by atoms with van der Waals surface area (Å²) in [6, 6.07) is 14.2. The van der Waals surface area contributed by atoms with E-state index in [2.05, 4.69) is 0 Å². The smallest absolute Gasteiger partial charge is 0.197 e. The summed E-state index contributed by atoms with van der Waals surface area (Å²) in [6.07, 6.45) is 14.9. The molecule has 0 bridgehead atoms. The molecule has 152 valence electrons. The zero-order valence-corrected chi connectivity index (χ0v) is 16.4. The number of anilines is 2. The lowest BCUT2D eigenvalue weighted by Crippen LogP contribution is -2.43. The Labute approximate surface area is 175 Å². The molecule has 0 radical (unpaired) electrons. The van der Waals surface area contributed by atoms with Gasteiger partial charge in [0, 0.05) is 11.4 Å². The third kappa shape index (κ3) is 4.46. The van der Waals surface area contributed by atoms with Crippen molar-refractivity contribution in [3.8, 4) is 11.5 Å². The molecular weight excluding hydrogens is 376 g/mol. The highest BCUT2D eigenvalue weighted by Crippen LogP contribution is 2.28. The molecule has 0 spiro atoms. The van der Waals surface area contributed by atoms with E-state index in [1.807, 2.05) is 48.6 Å². The Bertz CT molecular complexity index is 958. The third-order valence-electron chi connectivity index (χ3n) is 4.78. The summed E-state index contributed by atoms with van der Waals surface area (Å²) in [4.78, 5) is 0. The van der Waals surface area contributed by atoms with Gasteiger partial charge in [-0.15, -0.1) is 0 Å². The molecule has 4 rings (SSSR count). The van der Waals surface area contributed by atoms with Crippen molar-refractivity contribution in [3.05, 3.63) is 108 Å². The molecule has 0 aliphatic heterocycles. The topological polar surface area (TPSA) is 123 Å². The van der Waals surface area contributed by atoms with Crippen LogP contribution in [0.5, 0.6) is 11.5 Å². The quantitative estimate of drug-likeness (QED) is 0.462. The van der Waals surface area contributed by atoms with Crippen molar-refractivity contribution in [3.63, 3.8) is 0 Å². The number of ether oxygens (including phenoxy) is 2. The molecule has 30 heavy (non-hydrogen) atoms. The minimum Gasteiger partial charge on any atom is -0.466 e. The van der Waals surface area contributed by atoms with Gasteiger partial charge in [-0.05, 0) is 84.0 Å². The Balaban J connectivity index is 1.45. The average Bonchev–Trinajstić information content (AvgIpc) is 2.73. The van der Waals surface area contributed by atoms with Crippen LogP contribution in [0.4, 0.5) is 11.4 Å². The number of nitrogens with two attached hydrogens (primary N) is 4. The molecule has 2 aromatic rings. The van der Waals surface area contributed by atoms with Gasteiger partial charge in [0.2, 0.25) is 0 Å². The van der Waals surface area contributed by atoms with E-state index in [0.29, 0.717) is 22.9 Å². The van der Waals surface area contributed by atoms with Crippen LogP contribution in [0.2, 0.25) is 0 Å². The molecule has 2 aliphatic carbocycles.